The summed E-state index contributed by atoms with van der Waals surface area (Å²) < 4.78 is 0. The fourth-order valence-electron chi connectivity index (χ4n) is 7.20. The molecule has 2 fully saturated rings. The lowest BCUT2D eigenvalue weighted by Crippen LogP contribution is -2.77. The highest BCUT2D eigenvalue weighted by molar-refractivity contribution is 6.32. The predicted molar refractivity (Wildman–Crippen MR) is 148 cm³/mol. The summed E-state index contributed by atoms with van der Waals surface area (Å²) in [5.74, 6) is -14.6. The van der Waals surface area contributed by atoms with Crippen LogP contribution in [0.3, 0.4) is 0 Å². The normalized spacial score (nSPS) is 33.2. The third-order valence-electron chi connectivity index (χ3n) is 9.24. The monoisotopic (exact) mass is 586 g/mol. The minimum atomic E-state index is -3.07. The molecular weight excluding hydrogens is 548 g/mol. The lowest BCUT2D eigenvalue weighted by atomic mass is 9.49. The van der Waals surface area contributed by atoms with Gasteiger partial charge in [-0.15, -0.1) is 0 Å². The highest BCUT2D eigenvalue weighted by Crippen LogP contribution is 2.55. The molecule has 7 unspecified atom stereocenters. The van der Waals surface area contributed by atoms with Crippen LogP contribution in [0.25, 0.3) is 0 Å². The van der Waals surface area contributed by atoms with Gasteiger partial charge < -0.3 is 26.4 Å². The molecule has 2 amide bonds. The van der Waals surface area contributed by atoms with Crippen molar-refractivity contribution in [2.75, 3.05) is 33.5 Å². The third kappa shape index (κ3) is 4.37. The second-order valence-corrected chi connectivity index (χ2v) is 12.0. The molecule has 0 heterocycles. The van der Waals surface area contributed by atoms with Gasteiger partial charge in [-0.05, 0) is 52.2 Å². The number of hydrogen-bond donors (Lipinski definition) is 5. The first-order chi connectivity index (χ1) is 19.5. The molecular formula is C29H38N4O9. The van der Waals surface area contributed by atoms with E-state index in [1.807, 2.05) is 6.92 Å². The van der Waals surface area contributed by atoms with Crippen LogP contribution < -0.4 is 11.1 Å². The number of carbonyl (C=O) groups excluding carboxylic acids is 6. The summed E-state index contributed by atoms with van der Waals surface area (Å²) in [7, 11) is 6.33. The molecule has 9 atom stereocenters. The molecule has 13 heteroatoms. The molecule has 3 aliphatic carbocycles. The largest absolute Gasteiger partial charge is 0.505 e. The summed E-state index contributed by atoms with van der Waals surface area (Å²) in [6.07, 6.45) is -0.460. The molecule has 4 rings (SSSR count). The molecule has 2 saturated carbocycles. The van der Waals surface area contributed by atoms with Gasteiger partial charge in [-0.1, -0.05) is 26.3 Å². The van der Waals surface area contributed by atoms with Crippen LogP contribution in [0, 0.1) is 23.7 Å². The number of nitrogens with one attached hydrogen (secondary N) is 1. The van der Waals surface area contributed by atoms with E-state index in [1.165, 1.54) is 31.1 Å². The number of aromatic hydroxyl groups is 1. The smallest absolute Gasteiger partial charge is 0.241 e. The molecule has 0 aromatic heterocycles. The molecule has 13 nitrogen and oxygen atoms in total. The second-order valence-electron chi connectivity index (χ2n) is 12.0. The zero-order valence-electron chi connectivity index (χ0n) is 24.5. The Morgan fingerprint density at radius 3 is 2.24 bits per heavy atom. The fraction of sp³-hybridized carbons (Fsp3) is 0.586. The molecule has 0 saturated heterocycles. The Morgan fingerprint density at radius 1 is 1.10 bits per heavy atom. The molecule has 0 bridgehead atoms. The van der Waals surface area contributed by atoms with Gasteiger partial charge in [0.1, 0.15) is 5.75 Å². The number of fused-ring (bicyclic) bond motifs is 3. The number of anilines is 1. The number of phenols is 1. The van der Waals surface area contributed by atoms with Crippen molar-refractivity contribution in [2.24, 2.45) is 29.4 Å². The van der Waals surface area contributed by atoms with Crippen molar-refractivity contribution in [1.29, 1.82) is 0 Å². The maximum atomic E-state index is 14.0. The number of nitrogens with zero attached hydrogens (tertiary/aromatic N) is 2. The van der Waals surface area contributed by atoms with Crippen LogP contribution in [-0.2, 0) is 24.0 Å². The van der Waals surface area contributed by atoms with Crippen LogP contribution in [0.1, 0.15) is 48.5 Å². The van der Waals surface area contributed by atoms with Crippen LogP contribution in [0.2, 0.25) is 0 Å². The molecule has 1 aromatic carbocycles. The Bertz CT molecular complexity index is 1370. The Labute approximate surface area is 243 Å². The number of aliphatic hydroxyl groups is 2. The van der Waals surface area contributed by atoms with Crippen molar-refractivity contribution in [3.63, 3.8) is 0 Å². The number of phenolic OH excluding ortho intramolecular Hbond substituents is 1. The molecule has 3 aliphatic rings. The predicted octanol–water partition coefficient (Wildman–Crippen LogP) is -0.932. The van der Waals surface area contributed by atoms with E-state index in [1.54, 1.807) is 25.9 Å². The molecule has 42 heavy (non-hydrogen) atoms. The van der Waals surface area contributed by atoms with Crippen LogP contribution in [0.15, 0.2) is 12.1 Å². The number of ketones is 4. The van der Waals surface area contributed by atoms with Crippen LogP contribution >= 0.6 is 0 Å². The van der Waals surface area contributed by atoms with Gasteiger partial charge in [0.05, 0.1) is 41.3 Å². The zero-order valence-corrected chi connectivity index (χ0v) is 24.5. The average Bonchev–Trinajstić information content (AvgIpc) is 2.89. The summed E-state index contributed by atoms with van der Waals surface area (Å²) >= 11 is 0. The lowest BCUT2D eigenvalue weighted by molar-refractivity contribution is -0.196. The number of primary amides is 1. The van der Waals surface area contributed by atoms with Crippen LogP contribution in [0.5, 0.6) is 5.75 Å². The Balaban J connectivity index is 1.83. The van der Waals surface area contributed by atoms with Gasteiger partial charge >= 0.3 is 0 Å². The van der Waals surface area contributed by atoms with Crippen LogP contribution in [0.4, 0.5) is 5.69 Å². The number of benzene rings is 1. The lowest BCUT2D eigenvalue weighted by Gasteiger charge is -2.56. The first-order valence-corrected chi connectivity index (χ1v) is 13.9. The van der Waals surface area contributed by atoms with E-state index in [0.717, 1.165) is 6.42 Å². The number of amides is 2. The highest BCUT2D eigenvalue weighted by atomic mass is 16.3. The maximum Gasteiger partial charge on any atom is 0.241 e. The standard InChI is InChI=1S/C29H38N4O9/c1-7-8-14(32(3)4)28(41)31-13-10-9-12-11(2)15-17(22(35)16(12)21(13)34)25(38)29(42)19(23(15)36)20(33(5)6)24(37)18(26(29)39)27(30)40/h9-11,14-15,17-20,23,34,36,42H,7-8H2,1-6H3,(H2,30,40)(H,31,41)/t11?,14?,15?,17?,18?,19?,20-,23?,29-/m0/s1. The van der Waals surface area contributed by atoms with E-state index < -0.39 is 94.1 Å². The minimum absolute atomic E-state index is 0.0677. The van der Waals surface area contributed by atoms with Crippen molar-refractivity contribution < 1.29 is 44.1 Å². The average molecular weight is 587 g/mol. The fourth-order valence-corrected chi connectivity index (χ4v) is 7.20. The molecule has 0 radical (unpaired) electrons. The van der Waals surface area contributed by atoms with Gasteiger partial charge in [0.15, 0.2) is 34.7 Å². The van der Waals surface area contributed by atoms with E-state index >= 15 is 0 Å². The zero-order chi connectivity index (χ0) is 31.6. The number of nitrogens with two attached hydrogens (primary N) is 1. The second kappa shape index (κ2) is 11.0. The number of Topliss-reactive ketones (excluding diaryl/α,β-unsaturated/α-hetero) is 4. The van der Waals surface area contributed by atoms with E-state index in [2.05, 4.69) is 5.32 Å². The van der Waals surface area contributed by atoms with Gasteiger partial charge in [0.25, 0.3) is 0 Å². The van der Waals surface area contributed by atoms with Crippen molar-refractivity contribution in [3.8, 4) is 5.75 Å². The van der Waals surface area contributed by atoms with Crippen LogP contribution in [-0.4, -0.2) is 112 Å². The summed E-state index contributed by atoms with van der Waals surface area (Å²) in [6, 6.07) is 0.979. The van der Waals surface area contributed by atoms with E-state index in [9.17, 15) is 44.1 Å². The van der Waals surface area contributed by atoms with Crippen molar-refractivity contribution in [3.05, 3.63) is 23.3 Å². The summed E-state index contributed by atoms with van der Waals surface area (Å²) in [5, 5.41) is 37.2. The third-order valence-corrected chi connectivity index (χ3v) is 9.24. The molecule has 0 aliphatic heterocycles. The topological polar surface area (TPSA) is 208 Å². The van der Waals surface area contributed by atoms with Gasteiger partial charge in [0, 0.05) is 5.92 Å². The van der Waals surface area contributed by atoms with Gasteiger partial charge in [-0.2, -0.15) is 0 Å². The number of rotatable bonds is 7. The summed E-state index contributed by atoms with van der Waals surface area (Å²) in [6.45, 7) is 3.54. The van der Waals surface area contributed by atoms with Gasteiger partial charge in [-0.25, -0.2) is 0 Å². The Kier molecular flexibility index (Phi) is 8.19. The summed E-state index contributed by atoms with van der Waals surface area (Å²) in [5.41, 5.74) is 2.20. The Morgan fingerprint density at radius 2 is 1.71 bits per heavy atom. The number of aliphatic hydroxyl groups excluding tert-OH is 1. The number of likely N-dealkylation sites (N-methyl/N-ethyl adjacent to an activating group) is 2. The number of carbonyl (C=O) groups is 6. The molecule has 6 N–H and O–H groups in total. The van der Waals surface area contributed by atoms with E-state index in [4.69, 9.17) is 5.73 Å². The molecule has 1 aromatic rings. The highest BCUT2D eigenvalue weighted by Gasteiger charge is 2.72. The van der Waals surface area contributed by atoms with E-state index in [0.29, 0.717) is 6.42 Å². The maximum absolute atomic E-state index is 14.0. The summed E-state index contributed by atoms with van der Waals surface area (Å²) in [4.78, 5) is 82.9. The van der Waals surface area contributed by atoms with Gasteiger partial charge in [-0.3, -0.25) is 38.6 Å². The van der Waals surface area contributed by atoms with Crippen molar-refractivity contribution in [1.82, 2.24) is 9.80 Å². The van der Waals surface area contributed by atoms with Gasteiger partial charge in [0.2, 0.25) is 11.8 Å². The SMILES string of the molecule is CCCC(C(=O)Nc1ccc2c(c1O)C(=O)C1C(=O)[C@]3(O)C(=O)C(C(N)=O)C(=O)[C@@H](N(C)C)C3C(O)C1C2C)N(C)C. The van der Waals surface area contributed by atoms with E-state index in [-0.39, 0.29) is 16.8 Å². The quantitative estimate of drug-likeness (QED) is 0.195. The first-order valence-electron chi connectivity index (χ1n) is 13.9. The number of hydrogen-bond acceptors (Lipinski definition) is 11. The van der Waals surface area contributed by atoms with Crippen molar-refractivity contribution in [2.45, 2.75) is 56.4 Å². The first kappa shape index (κ1) is 31.4. The molecule has 0 spiro atoms. The molecule has 228 valence electrons. The minimum Gasteiger partial charge on any atom is -0.505 e. The van der Waals surface area contributed by atoms with Crippen molar-refractivity contribution >= 4 is 40.6 Å². The Hall–Kier alpha value is -3.52.